The van der Waals surface area contributed by atoms with Crippen LogP contribution in [-0.2, 0) is 9.53 Å². The first-order chi connectivity index (χ1) is 8.36. The van der Waals surface area contributed by atoms with E-state index in [1.165, 1.54) is 26.2 Å². The van der Waals surface area contributed by atoms with E-state index in [0.29, 0.717) is 12.5 Å². The third kappa shape index (κ3) is 8.54. The van der Waals surface area contributed by atoms with E-state index in [2.05, 4.69) is 34.6 Å². The van der Waals surface area contributed by atoms with Gasteiger partial charge in [-0.25, -0.2) is 0 Å². The van der Waals surface area contributed by atoms with Crippen LogP contribution in [0.15, 0.2) is 0 Å². The second-order valence-corrected chi connectivity index (χ2v) is 6.24. The van der Waals surface area contributed by atoms with Gasteiger partial charge in [0.2, 0.25) is 0 Å². The minimum absolute atomic E-state index is 0.164. The summed E-state index contributed by atoms with van der Waals surface area (Å²) in [6.07, 6.45) is 4.82. The van der Waals surface area contributed by atoms with Crippen molar-refractivity contribution in [3.05, 3.63) is 0 Å². The van der Waals surface area contributed by atoms with E-state index in [4.69, 9.17) is 4.74 Å². The molecule has 0 fully saturated rings. The fourth-order valence-electron chi connectivity index (χ4n) is 2.78. The van der Waals surface area contributed by atoms with E-state index < -0.39 is 0 Å². The van der Waals surface area contributed by atoms with Gasteiger partial charge in [0, 0.05) is 6.92 Å². The molecule has 0 heterocycles. The van der Waals surface area contributed by atoms with Crippen molar-refractivity contribution < 1.29 is 9.53 Å². The molecular formula is C16H32O2. The molecule has 0 N–H and O–H groups in total. The number of hydrogen-bond donors (Lipinski definition) is 0. The SMILES string of the molecule is CCC(CC(C)CCOC(C)=O)C(C)CC(C)C. The highest BCUT2D eigenvalue weighted by Gasteiger charge is 2.19. The van der Waals surface area contributed by atoms with Crippen LogP contribution in [0.2, 0.25) is 0 Å². The van der Waals surface area contributed by atoms with Crippen LogP contribution < -0.4 is 0 Å². The van der Waals surface area contributed by atoms with E-state index in [0.717, 1.165) is 24.2 Å². The summed E-state index contributed by atoms with van der Waals surface area (Å²) in [5, 5.41) is 0. The Morgan fingerprint density at radius 3 is 2.17 bits per heavy atom. The molecule has 0 aliphatic heterocycles. The third-order valence-electron chi connectivity index (χ3n) is 3.79. The molecule has 0 aliphatic rings. The predicted octanol–water partition coefficient (Wildman–Crippen LogP) is 4.67. The Balaban J connectivity index is 3.99. The van der Waals surface area contributed by atoms with Gasteiger partial charge in [0.05, 0.1) is 6.61 Å². The molecule has 0 bridgehead atoms. The van der Waals surface area contributed by atoms with Gasteiger partial charge < -0.3 is 4.74 Å². The Bertz CT molecular complexity index is 223. The fourth-order valence-corrected chi connectivity index (χ4v) is 2.78. The molecule has 0 aliphatic carbocycles. The summed E-state index contributed by atoms with van der Waals surface area (Å²) in [5.41, 5.74) is 0. The lowest BCUT2D eigenvalue weighted by atomic mass is 9.79. The topological polar surface area (TPSA) is 26.3 Å². The maximum Gasteiger partial charge on any atom is 0.302 e. The molecule has 0 aromatic heterocycles. The van der Waals surface area contributed by atoms with Gasteiger partial charge in [-0.05, 0) is 42.9 Å². The zero-order chi connectivity index (χ0) is 14.1. The maximum atomic E-state index is 10.7. The van der Waals surface area contributed by atoms with Crippen LogP contribution in [0.3, 0.4) is 0 Å². The first kappa shape index (κ1) is 17.5. The van der Waals surface area contributed by atoms with E-state index >= 15 is 0 Å². The third-order valence-corrected chi connectivity index (χ3v) is 3.79. The molecule has 3 atom stereocenters. The number of esters is 1. The Morgan fingerprint density at radius 2 is 1.72 bits per heavy atom. The molecular weight excluding hydrogens is 224 g/mol. The Kier molecular flexibility index (Phi) is 9.13. The van der Waals surface area contributed by atoms with Gasteiger partial charge in [-0.1, -0.05) is 41.0 Å². The quantitative estimate of drug-likeness (QED) is 0.560. The standard InChI is InChI=1S/C16H32O2/c1-7-16(14(5)10-12(2)3)11-13(4)8-9-18-15(6)17/h12-14,16H,7-11H2,1-6H3. The largest absolute Gasteiger partial charge is 0.466 e. The van der Waals surface area contributed by atoms with Gasteiger partial charge in [-0.3, -0.25) is 4.79 Å². The number of ether oxygens (including phenoxy) is 1. The minimum atomic E-state index is -0.164. The average Bonchev–Trinajstić information content (AvgIpc) is 2.24. The molecule has 0 saturated heterocycles. The molecule has 108 valence electrons. The number of rotatable bonds is 9. The molecule has 0 spiro atoms. The molecule has 0 aromatic carbocycles. The van der Waals surface area contributed by atoms with Crippen molar-refractivity contribution in [1.82, 2.24) is 0 Å². The van der Waals surface area contributed by atoms with Crippen LogP contribution in [0, 0.1) is 23.7 Å². The van der Waals surface area contributed by atoms with E-state index in [9.17, 15) is 4.79 Å². The minimum Gasteiger partial charge on any atom is -0.466 e. The Morgan fingerprint density at radius 1 is 1.11 bits per heavy atom. The van der Waals surface area contributed by atoms with Crippen molar-refractivity contribution in [2.45, 2.75) is 67.2 Å². The van der Waals surface area contributed by atoms with E-state index in [-0.39, 0.29) is 5.97 Å². The maximum absolute atomic E-state index is 10.7. The highest BCUT2D eigenvalue weighted by Crippen LogP contribution is 2.29. The van der Waals surface area contributed by atoms with Gasteiger partial charge in [0.25, 0.3) is 0 Å². The first-order valence-electron chi connectivity index (χ1n) is 7.50. The number of carbonyl (C=O) groups excluding carboxylic acids is 1. The lowest BCUT2D eigenvalue weighted by Gasteiger charge is -2.27. The molecule has 18 heavy (non-hydrogen) atoms. The van der Waals surface area contributed by atoms with Gasteiger partial charge in [-0.15, -0.1) is 0 Å². The van der Waals surface area contributed by atoms with Gasteiger partial charge >= 0.3 is 5.97 Å². The van der Waals surface area contributed by atoms with E-state index in [1.54, 1.807) is 0 Å². The molecule has 0 amide bonds. The van der Waals surface area contributed by atoms with E-state index in [1.807, 2.05) is 0 Å². The molecule has 0 radical (unpaired) electrons. The van der Waals surface area contributed by atoms with Crippen LogP contribution in [0.1, 0.15) is 67.2 Å². The average molecular weight is 256 g/mol. The van der Waals surface area contributed by atoms with Crippen LogP contribution in [0.25, 0.3) is 0 Å². The predicted molar refractivity (Wildman–Crippen MR) is 77.4 cm³/mol. The molecule has 0 aromatic rings. The van der Waals surface area contributed by atoms with Gasteiger partial charge in [0.15, 0.2) is 0 Å². The van der Waals surface area contributed by atoms with Crippen LogP contribution >= 0.6 is 0 Å². The van der Waals surface area contributed by atoms with Crippen LogP contribution in [0.4, 0.5) is 0 Å². The first-order valence-corrected chi connectivity index (χ1v) is 7.50. The molecule has 2 heteroatoms. The Labute approximate surface area is 113 Å². The highest BCUT2D eigenvalue weighted by atomic mass is 16.5. The van der Waals surface area contributed by atoms with Crippen molar-refractivity contribution >= 4 is 5.97 Å². The normalized spacial score (nSPS) is 16.4. The summed E-state index contributed by atoms with van der Waals surface area (Å²) >= 11 is 0. The fraction of sp³-hybridized carbons (Fsp3) is 0.938. The number of carbonyl (C=O) groups is 1. The van der Waals surface area contributed by atoms with Gasteiger partial charge in [-0.2, -0.15) is 0 Å². The number of hydrogen-bond acceptors (Lipinski definition) is 2. The lowest BCUT2D eigenvalue weighted by Crippen LogP contribution is -2.17. The Hall–Kier alpha value is -0.530. The van der Waals surface area contributed by atoms with Crippen LogP contribution in [0.5, 0.6) is 0 Å². The molecule has 0 rings (SSSR count). The van der Waals surface area contributed by atoms with Crippen molar-refractivity contribution in [2.24, 2.45) is 23.7 Å². The highest BCUT2D eigenvalue weighted by molar-refractivity contribution is 5.65. The molecule has 0 saturated carbocycles. The van der Waals surface area contributed by atoms with Crippen molar-refractivity contribution in [3.8, 4) is 0 Å². The van der Waals surface area contributed by atoms with Crippen molar-refractivity contribution in [2.75, 3.05) is 6.61 Å². The zero-order valence-electron chi connectivity index (χ0n) is 13.2. The summed E-state index contributed by atoms with van der Waals surface area (Å²) < 4.78 is 5.01. The molecule has 3 unspecified atom stereocenters. The molecule has 2 nitrogen and oxygen atoms in total. The van der Waals surface area contributed by atoms with Crippen molar-refractivity contribution in [3.63, 3.8) is 0 Å². The second kappa shape index (κ2) is 9.41. The van der Waals surface area contributed by atoms with Crippen molar-refractivity contribution in [1.29, 1.82) is 0 Å². The lowest BCUT2D eigenvalue weighted by molar-refractivity contribution is -0.141. The summed E-state index contributed by atoms with van der Waals surface area (Å²) in [6, 6.07) is 0. The zero-order valence-corrected chi connectivity index (χ0v) is 13.2. The summed E-state index contributed by atoms with van der Waals surface area (Å²) in [5.74, 6) is 2.86. The van der Waals surface area contributed by atoms with Gasteiger partial charge in [0.1, 0.15) is 0 Å². The summed E-state index contributed by atoms with van der Waals surface area (Å²) in [7, 11) is 0. The summed E-state index contributed by atoms with van der Waals surface area (Å²) in [4.78, 5) is 10.7. The summed E-state index contributed by atoms with van der Waals surface area (Å²) in [6.45, 7) is 13.6. The second-order valence-electron chi connectivity index (χ2n) is 6.24. The monoisotopic (exact) mass is 256 g/mol. The van der Waals surface area contributed by atoms with Crippen LogP contribution in [-0.4, -0.2) is 12.6 Å². The smallest absolute Gasteiger partial charge is 0.302 e.